The molecule has 1 fully saturated rings. The number of halogens is 1. The number of nitrogens with zero attached hydrogens (tertiary/aromatic N) is 3. The maximum absolute atomic E-state index is 13.4. The monoisotopic (exact) mass is 471 g/mol. The smallest absolute Gasteiger partial charge is 0.262 e. The molecule has 6 nitrogen and oxygen atoms in total. The first kappa shape index (κ1) is 22.8. The number of morpholine rings is 1. The van der Waals surface area contributed by atoms with E-state index in [-0.39, 0.29) is 17.1 Å². The standard InChI is InChI=1S/C24H26ClN3O3S/c1-2-3-10-28-23(30)20-15-19(27-11-13-31-14-12-27)8-9-21(20)26-24(28)32-16-22(29)17-4-6-18(25)7-5-17/h4-9,15H,2-3,10-14,16H2,1H3. The first-order valence-corrected chi connectivity index (χ1v) is 12.2. The van der Waals surface area contributed by atoms with Gasteiger partial charge in [0.05, 0.1) is 29.9 Å². The molecular weight excluding hydrogens is 446 g/mol. The second-order valence-electron chi connectivity index (χ2n) is 7.72. The van der Waals surface area contributed by atoms with E-state index in [9.17, 15) is 9.59 Å². The van der Waals surface area contributed by atoms with Crippen LogP contribution in [0.2, 0.25) is 5.02 Å². The second-order valence-corrected chi connectivity index (χ2v) is 9.10. The Morgan fingerprint density at radius 2 is 1.91 bits per heavy atom. The van der Waals surface area contributed by atoms with Crippen LogP contribution in [0.25, 0.3) is 10.9 Å². The van der Waals surface area contributed by atoms with E-state index in [1.54, 1.807) is 28.8 Å². The van der Waals surface area contributed by atoms with Crippen molar-refractivity contribution in [2.75, 3.05) is 37.0 Å². The summed E-state index contributed by atoms with van der Waals surface area (Å²) in [4.78, 5) is 33.0. The van der Waals surface area contributed by atoms with E-state index in [1.165, 1.54) is 11.8 Å². The van der Waals surface area contributed by atoms with Crippen molar-refractivity contribution in [1.29, 1.82) is 0 Å². The van der Waals surface area contributed by atoms with Crippen LogP contribution >= 0.6 is 23.4 Å². The molecule has 0 aliphatic carbocycles. The Bertz CT molecular complexity index is 1160. The average molecular weight is 472 g/mol. The number of anilines is 1. The fourth-order valence-corrected chi connectivity index (χ4v) is 4.73. The van der Waals surface area contributed by atoms with Crippen LogP contribution in [0.15, 0.2) is 52.4 Å². The Labute approximate surface area is 196 Å². The van der Waals surface area contributed by atoms with Crippen LogP contribution in [0, 0.1) is 0 Å². The highest BCUT2D eigenvalue weighted by molar-refractivity contribution is 7.99. The van der Waals surface area contributed by atoms with Crippen LogP contribution in [0.4, 0.5) is 5.69 Å². The average Bonchev–Trinajstić information content (AvgIpc) is 2.83. The summed E-state index contributed by atoms with van der Waals surface area (Å²) >= 11 is 7.23. The molecule has 3 aromatic rings. The van der Waals surface area contributed by atoms with Crippen molar-refractivity contribution in [3.63, 3.8) is 0 Å². The summed E-state index contributed by atoms with van der Waals surface area (Å²) in [7, 11) is 0. The molecule has 4 rings (SSSR count). The number of benzene rings is 2. The second kappa shape index (κ2) is 10.5. The van der Waals surface area contributed by atoms with Gasteiger partial charge < -0.3 is 9.64 Å². The summed E-state index contributed by atoms with van der Waals surface area (Å²) in [6, 6.07) is 12.7. The van der Waals surface area contributed by atoms with Crippen molar-refractivity contribution in [3.8, 4) is 0 Å². The molecule has 8 heteroatoms. The number of unbranched alkanes of at least 4 members (excludes halogenated alkanes) is 1. The fraction of sp³-hybridized carbons (Fsp3) is 0.375. The molecule has 1 aromatic heterocycles. The topological polar surface area (TPSA) is 64.4 Å². The van der Waals surface area contributed by atoms with Gasteiger partial charge in [-0.25, -0.2) is 4.98 Å². The van der Waals surface area contributed by atoms with Crippen molar-refractivity contribution in [2.24, 2.45) is 0 Å². The van der Waals surface area contributed by atoms with Crippen molar-refractivity contribution in [3.05, 3.63) is 63.4 Å². The molecule has 0 radical (unpaired) electrons. The molecular formula is C24H26ClN3O3S. The molecule has 32 heavy (non-hydrogen) atoms. The summed E-state index contributed by atoms with van der Waals surface area (Å²) in [6.07, 6.45) is 1.83. The zero-order valence-corrected chi connectivity index (χ0v) is 19.6. The van der Waals surface area contributed by atoms with E-state index >= 15 is 0 Å². The Balaban J connectivity index is 1.63. The Kier molecular flexibility index (Phi) is 7.50. The molecule has 0 spiro atoms. The highest BCUT2D eigenvalue weighted by atomic mass is 35.5. The summed E-state index contributed by atoms with van der Waals surface area (Å²) in [5.74, 6) is 0.183. The normalized spacial score (nSPS) is 14.1. The van der Waals surface area contributed by atoms with E-state index in [0.29, 0.717) is 46.4 Å². The molecule has 2 aromatic carbocycles. The zero-order chi connectivity index (χ0) is 22.5. The summed E-state index contributed by atoms with van der Waals surface area (Å²) in [5, 5.41) is 1.78. The quantitative estimate of drug-likeness (QED) is 0.270. The van der Waals surface area contributed by atoms with Gasteiger partial charge in [0.1, 0.15) is 0 Å². The molecule has 0 bridgehead atoms. The van der Waals surface area contributed by atoms with Gasteiger partial charge in [0.25, 0.3) is 5.56 Å². The molecule has 168 valence electrons. The molecule has 0 atom stereocenters. The minimum Gasteiger partial charge on any atom is -0.378 e. The van der Waals surface area contributed by atoms with Gasteiger partial charge >= 0.3 is 0 Å². The van der Waals surface area contributed by atoms with Gasteiger partial charge in [0.2, 0.25) is 0 Å². The van der Waals surface area contributed by atoms with Gasteiger partial charge in [-0.1, -0.05) is 36.7 Å². The predicted molar refractivity (Wildman–Crippen MR) is 130 cm³/mol. The highest BCUT2D eigenvalue weighted by Gasteiger charge is 2.17. The lowest BCUT2D eigenvalue weighted by Crippen LogP contribution is -2.36. The molecule has 1 aliphatic heterocycles. The van der Waals surface area contributed by atoms with E-state index < -0.39 is 0 Å². The van der Waals surface area contributed by atoms with Gasteiger partial charge in [-0.05, 0) is 48.9 Å². The first-order chi connectivity index (χ1) is 15.6. The number of Topliss-reactive ketones (excluding diaryl/α,β-unsaturated/α-hetero) is 1. The Morgan fingerprint density at radius 3 is 2.62 bits per heavy atom. The molecule has 0 saturated carbocycles. The number of hydrogen-bond donors (Lipinski definition) is 0. The fourth-order valence-electron chi connectivity index (χ4n) is 3.68. The largest absolute Gasteiger partial charge is 0.378 e. The third kappa shape index (κ3) is 5.17. The maximum atomic E-state index is 13.4. The van der Waals surface area contributed by atoms with Gasteiger partial charge in [-0.15, -0.1) is 0 Å². The number of ketones is 1. The molecule has 0 amide bonds. The van der Waals surface area contributed by atoms with Crippen molar-refractivity contribution in [1.82, 2.24) is 9.55 Å². The van der Waals surface area contributed by atoms with Crippen LogP contribution in [0.1, 0.15) is 30.1 Å². The highest BCUT2D eigenvalue weighted by Crippen LogP contribution is 2.24. The number of carbonyl (C=O) groups excluding carboxylic acids is 1. The Hall–Kier alpha value is -2.35. The summed E-state index contributed by atoms with van der Waals surface area (Å²) in [6.45, 7) is 5.67. The van der Waals surface area contributed by atoms with Gasteiger partial charge in [-0.3, -0.25) is 14.2 Å². The lowest BCUT2D eigenvalue weighted by Gasteiger charge is -2.29. The van der Waals surface area contributed by atoms with Crippen LogP contribution in [0.3, 0.4) is 0 Å². The van der Waals surface area contributed by atoms with E-state index in [1.807, 2.05) is 18.2 Å². The van der Waals surface area contributed by atoms with Crippen LogP contribution < -0.4 is 10.5 Å². The SMILES string of the molecule is CCCCn1c(SCC(=O)c2ccc(Cl)cc2)nc2ccc(N3CCOCC3)cc2c1=O. The molecule has 0 N–H and O–H groups in total. The van der Waals surface area contributed by atoms with E-state index in [0.717, 1.165) is 31.6 Å². The maximum Gasteiger partial charge on any atom is 0.262 e. The number of rotatable bonds is 8. The zero-order valence-electron chi connectivity index (χ0n) is 18.1. The van der Waals surface area contributed by atoms with Crippen LogP contribution in [-0.2, 0) is 11.3 Å². The van der Waals surface area contributed by atoms with Gasteiger partial charge in [-0.2, -0.15) is 0 Å². The van der Waals surface area contributed by atoms with Gasteiger partial charge in [0, 0.05) is 35.9 Å². The first-order valence-electron chi connectivity index (χ1n) is 10.9. The predicted octanol–water partition coefficient (Wildman–Crippen LogP) is 4.66. The minimum absolute atomic E-state index is 0.0225. The third-order valence-corrected chi connectivity index (χ3v) is 6.74. The number of aromatic nitrogens is 2. The van der Waals surface area contributed by atoms with Crippen LogP contribution in [0.5, 0.6) is 0 Å². The molecule has 0 unspecified atom stereocenters. The van der Waals surface area contributed by atoms with Gasteiger partial charge in [0.15, 0.2) is 10.9 Å². The number of fused-ring (bicyclic) bond motifs is 1. The van der Waals surface area contributed by atoms with Crippen molar-refractivity contribution < 1.29 is 9.53 Å². The van der Waals surface area contributed by atoms with Crippen molar-refractivity contribution in [2.45, 2.75) is 31.5 Å². The lowest BCUT2D eigenvalue weighted by atomic mass is 10.1. The van der Waals surface area contributed by atoms with Crippen LogP contribution in [-0.4, -0.2) is 47.4 Å². The Morgan fingerprint density at radius 1 is 1.16 bits per heavy atom. The molecule has 2 heterocycles. The lowest BCUT2D eigenvalue weighted by molar-refractivity contribution is 0.102. The number of ether oxygens (including phenoxy) is 1. The van der Waals surface area contributed by atoms with Crippen molar-refractivity contribution >= 4 is 45.7 Å². The summed E-state index contributed by atoms with van der Waals surface area (Å²) < 4.78 is 7.16. The third-order valence-electron chi connectivity index (χ3n) is 5.51. The summed E-state index contributed by atoms with van der Waals surface area (Å²) in [5.41, 5.74) is 2.21. The molecule has 1 aliphatic rings. The number of thioether (sulfide) groups is 1. The van der Waals surface area contributed by atoms with E-state index in [2.05, 4.69) is 11.8 Å². The minimum atomic E-state index is -0.0556. The molecule has 1 saturated heterocycles. The number of carbonyl (C=O) groups is 1. The number of hydrogen-bond acceptors (Lipinski definition) is 6. The van der Waals surface area contributed by atoms with E-state index in [4.69, 9.17) is 21.3 Å².